The lowest BCUT2D eigenvalue weighted by Gasteiger charge is -2.36. The third kappa shape index (κ3) is 3.91. The Kier molecular flexibility index (Phi) is 6.10. The van der Waals surface area contributed by atoms with Crippen molar-refractivity contribution < 1.29 is 17.2 Å². The van der Waals surface area contributed by atoms with E-state index in [-0.39, 0.29) is 25.5 Å². The summed E-state index contributed by atoms with van der Waals surface area (Å²) in [7, 11) is -3.97. The van der Waals surface area contributed by atoms with Crippen molar-refractivity contribution in [3.63, 3.8) is 0 Å². The summed E-state index contributed by atoms with van der Waals surface area (Å²) >= 11 is 0. The van der Waals surface area contributed by atoms with Crippen molar-refractivity contribution in [1.82, 2.24) is 9.21 Å². The molecule has 0 spiro atoms. The lowest BCUT2D eigenvalue weighted by atomic mass is 10.3. The predicted molar refractivity (Wildman–Crippen MR) is 79.1 cm³/mol. The van der Waals surface area contributed by atoms with Gasteiger partial charge in [0.1, 0.15) is 16.5 Å². The fourth-order valence-corrected chi connectivity index (χ4v) is 3.77. The Balaban J connectivity index is 0.00000220. The van der Waals surface area contributed by atoms with Gasteiger partial charge in [-0.1, -0.05) is 0 Å². The van der Waals surface area contributed by atoms with E-state index in [9.17, 15) is 17.2 Å². The summed E-state index contributed by atoms with van der Waals surface area (Å²) in [6.07, 6.45) is 0. The van der Waals surface area contributed by atoms with Gasteiger partial charge in [0.2, 0.25) is 10.0 Å². The molecule has 1 heterocycles. The number of sulfonamides is 1. The summed E-state index contributed by atoms with van der Waals surface area (Å²) in [5.74, 6) is -1.68. The van der Waals surface area contributed by atoms with Gasteiger partial charge in [0.25, 0.3) is 0 Å². The quantitative estimate of drug-likeness (QED) is 0.846. The molecule has 0 radical (unpaired) electrons. The number of hydrogen-bond donors (Lipinski definition) is 0. The van der Waals surface area contributed by atoms with Crippen LogP contribution in [-0.2, 0) is 10.0 Å². The molecule has 1 aromatic rings. The van der Waals surface area contributed by atoms with Crippen molar-refractivity contribution in [3.05, 3.63) is 29.8 Å². The van der Waals surface area contributed by atoms with Gasteiger partial charge in [0, 0.05) is 32.2 Å². The molecule has 0 aliphatic carbocycles. The molecule has 1 aliphatic heterocycles. The van der Waals surface area contributed by atoms with E-state index in [2.05, 4.69) is 4.90 Å². The minimum atomic E-state index is -3.97. The normalized spacial score (nSPS) is 17.8. The first-order chi connectivity index (χ1) is 9.32. The fourth-order valence-electron chi connectivity index (χ4n) is 2.27. The Morgan fingerprint density at radius 1 is 1.10 bits per heavy atom. The molecule has 0 amide bonds. The van der Waals surface area contributed by atoms with Crippen LogP contribution in [0.2, 0.25) is 0 Å². The van der Waals surface area contributed by atoms with E-state index in [0.717, 1.165) is 18.2 Å². The third-order valence-corrected chi connectivity index (χ3v) is 5.43. The van der Waals surface area contributed by atoms with Crippen LogP contribution in [-0.4, -0.2) is 49.8 Å². The van der Waals surface area contributed by atoms with Gasteiger partial charge in [-0.3, -0.25) is 4.90 Å². The number of piperazine rings is 1. The Bertz CT molecular complexity index is 588. The molecule has 120 valence electrons. The first-order valence-electron chi connectivity index (χ1n) is 6.51. The molecule has 2 rings (SSSR count). The van der Waals surface area contributed by atoms with Crippen LogP contribution in [0.5, 0.6) is 0 Å². The molecule has 1 saturated heterocycles. The zero-order valence-corrected chi connectivity index (χ0v) is 13.6. The van der Waals surface area contributed by atoms with Crippen LogP contribution in [0.25, 0.3) is 0 Å². The number of benzene rings is 1. The second-order valence-corrected chi connectivity index (χ2v) is 7.01. The van der Waals surface area contributed by atoms with Crippen LogP contribution in [0.3, 0.4) is 0 Å². The number of hydrogen-bond acceptors (Lipinski definition) is 3. The summed E-state index contributed by atoms with van der Waals surface area (Å²) in [6, 6.07) is 2.82. The molecule has 1 aromatic carbocycles. The standard InChI is InChI=1S/C13H18F2N2O2S.ClH/c1-10(2)16-5-7-17(8-6-16)20(18,19)13-9-11(14)3-4-12(13)15;/h3-4,9-10H,5-8H2,1-2H3;1H. The molecule has 0 atom stereocenters. The van der Waals surface area contributed by atoms with E-state index >= 15 is 0 Å². The number of halogens is 3. The van der Waals surface area contributed by atoms with Gasteiger partial charge >= 0.3 is 0 Å². The van der Waals surface area contributed by atoms with Crippen LogP contribution in [0.1, 0.15) is 13.8 Å². The second-order valence-electron chi connectivity index (χ2n) is 5.11. The molecule has 1 aliphatic rings. The molecule has 8 heteroatoms. The molecule has 21 heavy (non-hydrogen) atoms. The Morgan fingerprint density at radius 2 is 1.67 bits per heavy atom. The monoisotopic (exact) mass is 340 g/mol. The van der Waals surface area contributed by atoms with Gasteiger partial charge in [-0.2, -0.15) is 4.31 Å². The Morgan fingerprint density at radius 3 is 2.19 bits per heavy atom. The molecule has 0 saturated carbocycles. The fraction of sp³-hybridized carbons (Fsp3) is 0.538. The molecule has 0 N–H and O–H groups in total. The number of nitrogens with zero attached hydrogens (tertiary/aromatic N) is 2. The highest BCUT2D eigenvalue weighted by Crippen LogP contribution is 2.22. The predicted octanol–water partition coefficient (Wildman–Crippen LogP) is 2.10. The first-order valence-corrected chi connectivity index (χ1v) is 7.95. The van der Waals surface area contributed by atoms with Gasteiger partial charge in [-0.15, -0.1) is 12.4 Å². The Labute approximate surface area is 130 Å². The van der Waals surface area contributed by atoms with E-state index in [1.807, 2.05) is 13.8 Å². The highest BCUT2D eigenvalue weighted by Gasteiger charge is 2.31. The smallest absolute Gasteiger partial charge is 0.246 e. The lowest BCUT2D eigenvalue weighted by molar-refractivity contribution is 0.154. The highest BCUT2D eigenvalue weighted by molar-refractivity contribution is 7.89. The summed E-state index contributed by atoms with van der Waals surface area (Å²) in [4.78, 5) is 1.56. The largest absolute Gasteiger partial charge is 0.298 e. The van der Waals surface area contributed by atoms with Gasteiger partial charge < -0.3 is 0 Å². The van der Waals surface area contributed by atoms with Gasteiger partial charge in [-0.25, -0.2) is 17.2 Å². The average Bonchev–Trinajstić information content (AvgIpc) is 2.41. The van der Waals surface area contributed by atoms with Crippen molar-refractivity contribution in [2.45, 2.75) is 24.8 Å². The topological polar surface area (TPSA) is 40.6 Å². The lowest BCUT2D eigenvalue weighted by Crippen LogP contribution is -2.50. The molecule has 4 nitrogen and oxygen atoms in total. The van der Waals surface area contributed by atoms with Crippen molar-refractivity contribution in [3.8, 4) is 0 Å². The maximum Gasteiger partial charge on any atom is 0.246 e. The van der Waals surface area contributed by atoms with Gasteiger partial charge in [-0.05, 0) is 32.0 Å². The van der Waals surface area contributed by atoms with E-state index < -0.39 is 26.6 Å². The summed E-state index contributed by atoms with van der Waals surface area (Å²) in [6.45, 7) is 5.83. The molecular formula is C13H19ClF2N2O2S. The SMILES string of the molecule is CC(C)N1CCN(S(=O)(=O)c2cc(F)ccc2F)CC1.Cl. The average molecular weight is 341 g/mol. The summed E-state index contributed by atoms with van der Waals surface area (Å²) in [5.41, 5.74) is 0. The van der Waals surface area contributed by atoms with E-state index in [4.69, 9.17) is 0 Å². The second kappa shape index (κ2) is 7.00. The highest BCUT2D eigenvalue weighted by atomic mass is 35.5. The van der Waals surface area contributed by atoms with Crippen molar-refractivity contribution >= 4 is 22.4 Å². The maximum absolute atomic E-state index is 13.6. The minimum absolute atomic E-state index is 0. The zero-order valence-electron chi connectivity index (χ0n) is 11.9. The molecule has 0 bridgehead atoms. The molecule has 0 unspecified atom stereocenters. The first kappa shape index (κ1) is 18.3. The molecule has 0 aromatic heterocycles. The minimum Gasteiger partial charge on any atom is -0.298 e. The van der Waals surface area contributed by atoms with Crippen LogP contribution < -0.4 is 0 Å². The van der Waals surface area contributed by atoms with Crippen LogP contribution in [0, 0.1) is 11.6 Å². The zero-order chi connectivity index (χ0) is 14.9. The van der Waals surface area contributed by atoms with E-state index in [0.29, 0.717) is 19.1 Å². The molecular weight excluding hydrogens is 322 g/mol. The maximum atomic E-state index is 13.6. The van der Waals surface area contributed by atoms with Crippen molar-refractivity contribution in [2.24, 2.45) is 0 Å². The summed E-state index contributed by atoms with van der Waals surface area (Å²) in [5, 5.41) is 0. The van der Waals surface area contributed by atoms with Gasteiger partial charge in [0.15, 0.2) is 0 Å². The third-order valence-electron chi connectivity index (χ3n) is 3.51. The number of rotatable bonds is 3. The van der Waals surface area contributed by atoms with Crippen molar-refractivity contribution in [1.29, 1.82) is 0 Å². The van der Waals surface area contributed by atoms with E-state index in [1.165, 1.54) is 4.31 Å². The van der Waals surface area contributed by atoms with Crippen LogP contribution in [0.15, 0.2) is 23.1 Å². The molecule has 1 fully saturated rings. The van der Waals surface area contributed by atoms with Gasteiger partial charge in [0.05, 0.1) is 0 Å². The van der Waals surface area contributed by atoms with Crippen LogP contribution in [0.4, 0.5) is 8.78 Å². The Hall–Kier alpha value is -0.760. The van der Waals surface area contributed by atoms with Crippen LogP contribution >= 0.6 is 12.4 Å². The van der Waals surface area contributed by atoms with Crippen molar-refractivity contribution in [2.75, 3.05) is 26.2 Å². The van der Waals surface area contributed by atoms with E-state index in [1.54, 1.807) is 0 Å². The summed E-state index contributed by atoms with van der Waals surface area (Å²) < 4.78 is 52.7.